The molecule has 6 nitrogen and oxygen atoms in total. The molecule has 0 fully saturated rings. The minimum Gasteiger partial charge on any atom is -0.503 e. The van der Waals surface area contributed by atoms with Crippen molar-refractivity contribution in [1.29, 1.82) is 0 Å². The molecule has 32 heavy (non-hydrogen) atoms. The number of nitrogens with one attached hydrogen (secondary N) is 1. The minimum atomic E-state index is -0.703. The number of rotatable bonds is 5. The lowest BCUT2D eigenvalue weighted by molar-refractivity contribution is -0.129. The van der Waals surface area contributed by atoms with Gasteiger partial charge in [-0.1, -0.05) is 41.1 Å². The number of benzene rings is 2. The number of aromatic nitrogens is 1. The number of Topliss-reactive ketones (excluding diaryl/α,β-unsaturated/α-hetero) is 1. The summed E-state index contributed by atoms with van der Waals surface area (Å²) in [5.41, 5.74) is 3.18. The van der Waals surface area contributed by atoms with E-state index < -0.39 is 23.5 Å². The number of aliphatic hydroxyl groups excluding tert-OH is 1. The summed E-state index contributed by atoms with van der Waals surface area (Å²) in [6.07, 6.45) is 0.692. The first-order valence-electron chi connectivity index (χ1n) is 10.5. The van der Waals surface area contributed by atoms with Crippen molar-refractivity contribution in [3.05, 3.63) is 81.4 Å². The predicted molar refractivity (Wildman–Crippen MR) is 126 cm³/mol. The van der Waals surface area contributed by atoms with Crippen LogP contribution in [0.25, 0.3) is 21.9 Å². The summed E-state index contributed by atoms with van der Waals surface area (Å²) in [6.45, 7) is 4.29. The monoisotopic (exact) mass is 492 g/mol. The fourth-order valence-electron chi connectivity index (χ4n) is 4.57. The Labute approximate surface area is 192 Å². The quantitative estimate of drug-likeness (QED) is 0.335. The summed E-state index contributed by atoms with van der Waals surface area (Å²) < 4.78 is 6.67. The number of carbonyl (C=O) groups is 2. The standard InChI is InChI=1S/C25H21BrN2O4/c1-3-10-28-22(20-13(2)27-17-7-5-4-6-16(17)20)21(24(30)25(28)31)23(29)19-12-14-11-15(26)8-9-18(14)32-19/h4-9,11-12,22,27,30H,3,10H2,1-2H3. The highest BCUT2D eigenvalue weighted by Crippen LogP contribution is 2.43. The Bertz CT molecular complexity index is 1430. The van der Waals surface area contributed by atoms with E-state index >= 15 is 0 Å². The molecule has 1 aliphatic rings. The van der Waals surface area contributed by atoms with Crippen LogP contribution in [0.2, 0.25) is 0 Å². The number of para-hydroxylation sites is 1. The van der Waals surface area contributed by atoms with Crippen LogP contribution in [0.5, 0.6) is 0 Å². The van der Waals surface area contributed by atoms with Crippen LogP contribution in [-0.2, 0) is 4.79 Å². The number of fused-ring (bicyclic) bond motifs is 2. The number of hydrogen-bond donors (Lipinski definition) is 2. The van der Waals surface area contributed by atoms with Crippen LogP contribution in [0.4, 0.5) is 0 Å². The summed E-state index contributed by atoms with van der Waals surface area (Å²) >= 11 is 3.42. The largest absolute Gasteiger partial charge is 0.503 e. The Morgan fingerprint density at radius 2 is 2.00 bits per heavy atom. The zero-order valence-electron chi connectivity index (χ0n) is 17.6. The average molecular weight is 493 g/mol. The highest BCUT2D eigenvalue weighted by atomic mass is 79.9. The van der Waals surface area contributed by atoms with Crippen molar-refractivity contribution in [2.24, 2.45) is 0 Å². The van der Waals surface area contributed by atoms with Gasteiger partial charge in [0.1, 0.15) is 5.58 Å². The Hall–Kier alpha value is -3.32. The Morgan fingerprint density at radius 3 is 2.78 bits per heavy atom. The van der Waals surface area contributed by atoms with Crippen molar-refractivity contribution in [2.45, 2.75) is 26.3 Å². The number of halogens is 1. The van der Waals surface area contributed by atoms with Crippen LogP contribution in [0.3, 0.4) is 0 Å². The van der Waals surface area contributed by atoms with Crippen LogP contribution < -0.4 is 0 Å². The summed E-state index contributed by atoms with van der Waals surface area (Å²) in [5.74, 6) is -1.45. The zero-order chi connectivity index (χ0) is 22.6. The van der Waals surface area contributed by atoms with Crippen LogP contribution in [0.1, 0.15) is 41.2 Å². The van der Waals surface area contributed by atoms with E-state index in [-0.39, 0.29) is 11.3 Å². The SMILES string of the molecule is CCCN1C(=O)C(O)=C(C(=O)c2cc3cc(Br)ccc3o2)C1c1c(C)[nH]c2ccccc12. The second-order valence-corrected chi connectivity index (χ2v) is 8.91. The van der Waals surface area contributed by atoms with Crippen molar-refractivity contribution in [2.75, 3.05) is 6.54 Å². The molecule has 1 amide bonds. The van der Waals surface area contributed by atoms with Crippen molar-refractivity contribution < 1.29 is 19.1 Å². The van der Waals surface area contributed by atoms with Gasteiger partial charge in [-0.05, 0) is 43.7 Å². The van der Waals surface area contributed by atoms with Crippen molar-refractivity contribution in [1.82, 2.24) is 9.88 Å². The highest BCUT2D eigenvalue weighted by Gasteiger charge is 2.45. The molecule has 0 bridgehead atoms. The molecular formula is C25H21BrN2O4. The Morgan fingerprint density at radius 1 is 1.22 bits per heavy atom. The van der Waals surface area contributed by atoms with E-state index in [1.54, 1.807) is 17.0 Å². The molecule has 3 heterocycles. The van der Waals surface area contributed by atoms with Gasteiger partial charge in [0.25, 0.3) is 5.91 Å². The van der Waals surface area contributed by atoms with Gasteiger partial charge in [-0.3, -0.25) is 9.59 Å². The molecule has 7 heteroatoms. The molecular weight excluding hydrogens is 472 g/mol. The van der Waals surface area contributed by atoms with Gasteiger partial charge < -0.3 is 19.4 Å². The van der Waals surface area contributed by atoms with E-state index in [0.717, 1.165) is 32.0 Å². The first-order chi connectivity index (χ1) is 15.4. The number of nitrogens with zero attached hydrogens (tertiary/aromatic N) is 1. The van der Waals surface area contributed by atoms with E-state index in [2.05, 4.69) is 20.9 Å². The second kappa shape index (κ2) is 7.67. The van der Waals surface area contributed by atoms with Gasteiger partial charge in [-0.25, -0.2) is 0 Å². The van der Waals surface area contributed by atoms with E-state index in [9.17, 15) is 14.7 Å². The number of aryl methyl sites for hydroxylation is 1. The molecule has 0 saturated heterocycles. The molecule has 5 rings (SSSR count). The number of furan rings is 1. The van der Waals surface area contributed by atoms with Crippen LogP contribution >= 0.6 is 15.9 Å². The predicted octanol–water partition coefficient (Wildman–Crippen LogP) is 5.97. The van der Waals surface area contributed by atoms with E-state index in [4.69, 9.17) is 4.42 Å². The van der Waals surface area contributed by atoms with Crippen LogP contribution in [-0.4, -0.2) is 33.2 Å². The minimum absolute atomic E-state index is 0.0504. The summed E-state index contributed by atoms with van der Waals surface area (Å²) in [7, 11) is 0. The number of amides is 1. The summed E-state index contributed by atoms with van der Waals surface area (Å²) in [6, 6.07) is 14.2. The molecule has 4 aromatic rings. The third-order valence-corrected chi connectivity index (χ3v) is 6.43. The van der Waals surface area contributed by atoms with Crippen molar-refractivity contribution in [3.8, 4) is 0 Å². The maximum absolute atomic E-state index is 13.6. The van der Waals surface area contributed by atoms with Gasteiger partial charge in [-0.15, -0.1) is 0 Å². The zero-order valence-corrected chi connectivity index (χ0v) is 19.2. The lowest BCUT2D eigenvalue weighted by atomic mass is 9.93. The number of carbonyl (C=O) groups excluding carboxylic acids is 2. The van der Waals surface area contributed by atoms with Gasteiger partial charge >= 0.3 is 0 Å². The van der Waals surface area contributed by atoms with E-state index in [1.807, 2.05) is 50.2 Å². The third kappa shape index (κ3) is 3.07. The maximum atomic E-state index is 13.6. The molecule has 162 valence electrons. The first kappa shape index (κ1) is 20.6. The lowest BCUT2D eigenvalue weighted by Gasteiger charge is -2.26. The van der Waals surface area contributed by atoms with Crippen LogP contribution in [0.15, 0.2) is 68.8 Å². The lowest BCUT2D eigenvalue weighted by Crippen LogP contribution is -2.32. The van der Waals surface area contributed by atoms with Crippen LogP contribution in [0, 0.1) is 6.92 Å². The van der Waals surface area contributed by atoms with Gasteiger partial charge in [0, 0.05) is 38.6 Å². The normalized spacial score (nSPS) is 16.7. The number of aromatic amines is 1. The molecule has 1 atom stereocenters. The average Bonchev–Trinajstić information content (AvgIpc) is 3.41. The van der Waals surface area contributed by atoms with Gasteiger partial charge in [0.2, 0.25) is 5.78 Å². The number of aliphatic hydroxyl groups is 1. The van der Waals surface area contributed by atoms with Gasteiger partial charge in [-0.2, -0.15) is 0 Å². The first-order valence-corrected chi connectivity index (χ1v) is 11.2. The number of ketones is 1. The summed E-state index contributed by atoms with van der Waals surface area (Å²) in [5, 5.41) is 12.5. The molecule has 2 N–H and O–H groups in total. The molecule has 0 spiro atoms. The maximum Gasteiger partial charge on any atom is 0.290 e. The molecule has 1 unspecified atom stereocenters. The number of H-pyrrole nitrogens is 1. The highest BCUT2D eigenvalue weighted by molar-refractivity contribution is 9.10. The topological polar surface area (TPSA) is 86.5 Å². The Kier molecular flexibility index (Phi) is 4.93. The molecule has 0 saturated carbocycles. The molecule has 0 radical (unpaired) electrons. The van der Waals surface area contributed by atoms with Crippen molar-refractivity contribution >= 4 is 49.5 Å². The molecule has 0 aliphatic carbocycles. The molecule has 1 aliphatic heterocycles. The van der Waals surface area contributed by atoms with Gasteiger partial charge in [0.15, 0.2) is 11.5 Å². The third-order valence-electron chi connectivity index (χ3n) is 5.93. The number of hydrogen-bond acceptors (Lipinski definition) is 4. The van der Waals surface area contributed by atoms with Crippen molar-refractivity contribution in [3.63, 3.8) is 0 Å². The van der Waals surface area contributed by atoms with E-state index in [1.165, 1.54) is 0 Å². The Balaban J connectivity index is 1.69. The molecule has 2 aromatic carbocycles. The second-order valence-electron chi connectivity index (χ2n) is 7.99. The fraction of sp³-hybridized carbons (Fsp3) is 0.200. The smallest absolute Gasteiger partial charge is 0.290 e. The van der Waals surface area contributed by atoms with E-state index in [0.29, 0.717) is 18.5 Å². The fourth-order valence-corrected chi connectivity index (χ4v) is 4.95. The molecule has 2 aromatic heterocycles. The van der Waals surface area contributed by atoms with Gasteiger partial charge in [0.05, 0.1) is 11.6 Å². The summed E-state index contributed by atoms with van der Waals surface area (Å²) in [4.78, 5) is 31.6.